The van der Waals surface area contributed by atoms with E-state index in [0.29, 0.717) is 6.04 Å². The molecule has 2 rings (SSSR count). The van der Waals surface area contributed by atoms with E-state index in [1.807, 2.05) is 12.1 Å². The number of hydrogen-bond donors (Lipinski definition) is 1. The summed E-state index contributed by atoms with van der Waals surface area (Å²) in [7, 11) is 1.70. The lowest BCUT2D eigenvalue weighted by Gasteiger charge is -2.16. The molecule has 0 saturated heterocycles. The molecule has 0 aromatic heterocycles. The van der Waals surface area contributed by atoms with Crippen molar-refractivity contribution in [1.29, 1.82) is 0 Å². The summed E-state index contributed by atoms with van der Waals surface area (Å²) in [5.41, 5.74) is 5.32. The summed E-state index contributed by atoms with van der Waals surface area (Å²) in [6.07, 6.45) is 0. The highest BCUT2D eigenvalue weighted by Gasteiger charge is 2.07. The fourth-order valence-corrected chi connectivity index (χ4v) is 2.30. The molecule has 0 fully saturated rings. The van der Waals surface area contributed by atoms with Gasteiger partial charge in [0.15, 0.2) is 0 Å². The van der Waals surface area contributed by atoms with Crippen LogP contribution >= 0.6 is 0 Å². The second kappa shape index (κ2) is 6.58. The summed E-state index contributed by atoms with van der Waals surface area (Å²) >= 11 is 0. The van der Waals surface area contributed by atoms with Gasteiger partial charge in [-0.25, -0.2) is 0 Å². The Morgan fingerprint density at radius 1 is 1.10 bits per heavy atom. The van der Waals surface area contributed by atoms with Gasteiger partial charge in [0.05, 0.1) is 7.11 Å². The first-order chi connectivity index (χ1) is 9.61. The number of methoxy groups -OCH3 is 1. The maximum absolute atomic E-state index is 5.27. The molecule has 1 atom stereocenters. The van der Waals surface area contributed by atoms with Crippen LogP contribution in [0.1, 0.15) is 35.2 Å². The highest BCUT2D eigenvalue weighted by atomic mass is 16.5. The summed E-state index contributed by atoms with van der Waals surface area (Å²) in [6.45, 7) is 7.40. The quantitative estimate of drug-likeness (QED) is 0.880. The second-order valence-corrected chi connectivity index (χ2v) is 5.24. The van der Waals surface area contributed by atoms with Gasteiger partial charge in [-0.3, -0.25) is 0 Å². The first-order valence-electron chi connectivity index (χ1n) is 7.04. The zero-order chi connectivity index (χ0) is 14.5. The molecule has 1 unspecified atom stereocenters. The van der Waals surface area contributed by atoms with Gasteiger partial charge in [-0.1, -0.05) is 30.3 Å². The minimum Gasteiger partial charge on any atom is -0.497 e. The molecular weight excluding hydrogens is 246 g/mol. The van der Waals surface area contributed by atoms with Crippen molar-refractivity contribution in [3.8, 4) is 5.75 Å². The lowest BCUT2D eigenvalue weighted by molar-refractivity contribution is 0.413. The first kappa shape index (κ1) is 14.6. The molecule has 2 aromatic rings. The van der Waals surface area contributed by atoms with Gasteiger partial charge in [0.25, 0.3) is 0 Å². The molecule has 0 heterocycles. The Morgan fingerprint density at radius 3 is 2.60 bits per heavy atom. The maximum Gasteiger partial charge on any atom is 0.119 e. The Morgan fingerprint density at radius 2 is 1.85 bits per heavy atom. The van der Waals surface area contributed by atoms with Crippen LogP contribution in [0.4, 0.5) is 0 Å². The Balaban J connectivity index is 2.04. The minimum atomic E-state index is 0.296. The summed E-state index contributed by atoms with van der Waals surface area (Å²) in [6, 6.07) is 15.0. The van der Waals surface area contributed by atoms with Crippen LogP contribution in [0.25, 0.3) is 0 Å². The van der Waals surface area contributed by atoms with E-state index in [4.69, 9.17) is 4.74 Å². The van der Waals surface area contributed by atoms with Crippen LogP contribution in [0.2, 0.25) is 0 Å². The monoisotopic (exact) mass is 269 g/mol. The van der Waals surface area contributed by atoms with Gasteiger partial charge >= 0.3 is 0 Å². The number of benzene rings is 2. The molecule has 0 spiro atoms. The van der Waals surface area contributed by atoms with E-state index in [1.54, 1.807) is 7.11 Å². The molecule has 0 radical (unpaired) electrons. The average molecular weight is 269 g/mol. The van der Waals surface area contributed by atoms with Crippen LogP contribution in [0.3, 0.4) is 0 Å². The summed E-state index contributed by atoms with van der Waals surface area (Å²) < 4.78 is 5.27. The average Bonchev–Trinajstić information content (AvgIpc) is 2.48. The standard InChI is InChI=1S/C18H23NO/c1-13-7-5-9-17(14(13)2)12-19-15(3)16-8-6-10-18(11-16)20-4/h5-11,15,19H,12H2,1-4H3. The highest BCUT2D eigenvalue weighted by Crippen LogP contribution is 2.20. The third-order valence-electron chi connectivity index (χ3n) is 3.91. The minimum absolute atomic E-state index is 0.296. The van der Waals surface area contributed by atoms with Crippen molar-refractivity contribution >= 4 is 0 Å². The van der Waals surface area contributed by atoms with Crippen molar-refractivity contribution in [3.05, 3.63) is 64.7 Å². The van der Waals surface area contributed by atoms with Crippen LogP contribution in [0, 0.1) is 13.8 Å². The predicted octanol–water partition coefficient (Wildman–Crippen LogP) is 4.16. The van der Waals surface area contributed by atoms with Gasteiger partial charge in [-0.05, 0) is 55.2 Å². The van der Waals surface area contributed by atoms with Crippen LogP contribution in [0.15, 0.2) is 42.5 Å². The van der Waals surface area contributed by atoms with Crippen LogP contribution < -0.4 is 10.1 Å². The molecule has 2 aromatic carbocycles. The topological polar surface area (TPSA) is 21.3 Å². The van der Waals surface area contributed by atoms with Crippen LogP contribution in [-0.4, -0.2) is 7.11 Å². The fourth-order valence-electron chi connectivity index (χ4n) is 2.30. The van der Waals surface area contributed by atoms with Gasteiger partial charge in [0, 0.05) is 12.6 Å². The van der Waals surface area contributed by atoms with Gasteiger partial charge < -0.3 is 10.1 Å². The van der Waals surface area contributed by atoms with Gasteiger partial charge in [-0.15, -0.1) is 0 Å². The molecule has 106 valence electrons. The van der Waals surface area contributed by atoms with E-state index >= 15 is 0 Å². The van der Waals surface area contributed by atoms with Crippen LogP contribution in [0.5, 0.6) is 5.75 Å². The Labute approximate surface area is 121 Å². The van der Waals surface area contributed by atoms with Gasteiger partial charge in [0.1, 0.15) is 5.75 Å². The molecule has 0 aliphatic carbocycles. The van der Waals surface area contributed by atoms with E-state index < -0.39 is 0 Å². The smallest absolute Gasteiger partial charge is 0.119 e. The number of rotatable bonds is 5. The molecule has 0 bridgehead atoms. The molecule has 2 heteroatoms. The summed E-state index contributed by atoms with van der Waals surface area (Å²) in [5, 5.41) is 3.58. The predicted molar refractivity (Wildman–Crippen MR) is 84.2 cm³/mol. The van der Waals surface area contributed by atoms with Crippen molar-refractivity contribution in [3.63, 3.8) is 0 Å². The Bertz CT molecular complexity index is 577. The number of hydrogen-bond acceptors (Lipinski definition) is 2. The summed E-state index contributed by atoms with van der Waals surface area (Å²) in [5.74, 6) is 0.905. The number of aryl methyl sites for hydroxylation is 1. The van der Waals surface area contributed by atoms with Crippen molar-refractivity contribution in [2.75, 3.05) is 7.11 Å². The van der Waals surface area contributed by atoms with E-state index in [2.05, 4.69) is 56.4 Å². The van der Waals surface area contributed by atoms with Crippen molar-refractivity contribution in [1.82, 2.24) is 5.32 Å². The molecule has 1 N–H and O–H groups in total. The molecule has 0 aliphatic rings. The first-order valence-corrected chi connectivity index (χ1v) is 7.04. The lowest BCUT2D eigenvalue weighted by Crippen LogP contribution is -2.18. The number of ether oxygens (including phenoxy) is 1. The van der Waals surface area contributed by atoms with Crippen molar-refractivity contribution in [2.45, 2.75) is 33.4 Å². The zero-order valence-corrected chi connectivity index (χ0v) is 12.7. The molecule has 20 heavy (non-hydrogen) atoms. The van der Waals surface area contributed by atoms with Gasteiger partial charge in [-0.2, -0.15) is 0 Å². The Hall–Kier alpha value is -1.80. The van der Waals surface area contributed by atoms with E-state index in [-0.39, 0.29) is 0 Å². The second-order valence-electron chi connectivity index (χ2n) is 5.24. The van der Waals surface area contributed by atoms with E-state index in [0.717, 1.165) is 12.3 Å². The summed E-state index contributed by atoms with van der Waals surface area (Å²) in [4.78, 5) is 0. The number of nitrogens with one attached hydrogen (secondary N) is 1. The van der Waals surface area contributed by atoms with Crippen LogP contribution in [-0.2, 0) is 6.54 Å². The highest BCUT2D eigenvalue weighted by molar-refractivity contribution is 5.34. The molecular formula is C18H23NO. The third kappa shape index (κ3) is 3.40. The zero-order valence-electron chi connectivity index (χ0n) is 12.7. The molecule has 0 saturated carbocycles. The molecule has 0 amide bonds. The maximum atomic E-state index is 5.27. The Kier molecular flexibility index (Phi) is 4.80. The molecule has 0 aliphatic heterocycles. The largest absolute Gasteiger partial charge is 0.497 e. The van der Waals surface area contributed by atoms with Crippen molar-refractivity contribution < 1.29 is 4.74 Å². The SMILES string of the molecule is COc1cccc(C(C)NCc2cccc(C)c2C)c1. The van der Waals surface area contributed by atoms with E-state index in [1.165, 1.54) is 22.3 Å². The van der Waals surface area contributed by atoms with Gasteiger partial charge in [0.2, 0.25) is 0 Å². The van der Waals surface area contributed by atoms with E-state index in [9.17, 15) is 0 Å². The van der Waals surface area contributed by atoms with Crippen molar-refractivity contribution in [2.24, 2.45) is 0 Å². The molecule has 2 nitrogen and oxygen atoms in total. The fraction of sp³-hybridized carbons (Fsp3) is 0.333. The normalized spacial score (nSPS) is 12.2. The third-order valence-corrected chi connectivity index (χ3v) is 3.91. The lowest BCUT2D eigenvalue weighted by atomic mass is 10.0.